The second-order valence-electron chi connectivity index (χ2n) is 12.0. The van der Waals surface area contributed by atoms with Crippen LogP contribution >= 0.6 is 0 Å². The molecule has 37 heavy (non-hydrogen) atoms. The minimum atomic E-state index is -0.943. The highest BCUT2D eigenvalue weighted by Gasteiger charge is 2.73. The standard InChI is InChI=1S/C26H31N5O5Si/c1-24(2,3)34-18-15-17(32)13-9-7-8-10-14(13)21(33)30-19-16-20(28-11-27-19)31(12-29-16)22(15)35-26(18)23(37-26)36-25(4,5)6/h7-12,15,18,22-23H,37H2,1-6H3,(H,27,28,30,33)/t15-,18+,22-,23?,26-/m1/s1. The molecule has 10 nitrogen and oxygen atoms in total. The van der Waals surface area contributed by atoms with Crippen LogP contribution in [-0.4, -0.2) is 69.0 Å². The number of carbonyl (C=O) groups excluding carboxylic acids is 2. The van der Waals surface area contributed by atoms with Gasteiger partial charge in [-0.25, -0.2) is 15.0 Å². The van der Waals surface area contributed by atoms with Crippen LogP contribution in [0.5, 0.6) is 0 Å². The molecule has 0 aliphatic carbocycles. The lowest BCUT2D eigenvalue weighted by Crippen LogP contribution is -2.44. The number of aromatic nitrogens is 4. The van der Waals surface area contributed by atoms with E-state index in [2.05, 4.69) is 20.3 Å². The first-order valence-corrected chi connectivity index (χ1v) is 14.1. The summed E-state index contributed by atoms with van der Waals surface area (Å²) < 4.78 is 21.7. The summed E-state index contributed by atoms with van der Waals surface area (Å²) in [5, 5.41) is 2.12. The van der Waals surface area contributed by atoms with Gasteiger partial charge < -0.3 is 19.5 Å². The topological polar surface area (TPSA) is 117 Å². The van der Waals surface area contributed by atoms with E-state index in [0.717, 1.165) is 0 Å². The molecule has 5 atom stereocenters. The lowest BCUT2D eigenvalue weighted by Gasteiger charge is -2.32. The lowest BCUT2D eigenvalue weighted by molar-refractivity contribution is -0.136. The number of hydrogen-bond donors (Lipinski definition) is 1. The Morgan fingerprint density at radius 1 is 1.00 bits per heavy atom. The van der Waals surface area contributed by atoms with Crippen LogP contribution in [0.3, 0.4) is 0 Å². The Labute approximate surface area is 216 Å². The lowest BCUT2D eigenvalue weighted by atomic mass is 9.87. The SMILES string of the molecule is CC(C)(C)OC1[SiH2][C@@]12O[C@@H]1[C@H](C(=O)c3ccccc3C(=O)Nc3ncnc4c3ncn41)[C@@H]2OC(C)(C)C. The third-order valence-corrected chi connectivity index (χ3v) is 9.21. The van der Waals surface area contributed by atoms with E-state index in [4.69, 9.17) is 14.2 Å². The predicted octanol–water partition coefficient (Wildman–Crippen LogP) is 2.62. The zero-order valence-electron chi connectivity index (χ0n) is 21.8. The fourth-order valence-corrected chi connectivity index (χ4v) is 7.77. The number of Topliss-reactive ketones (excluding diaryl/α,β-unsaturated/α-hetero) is 1. The molecule has 4 bridgehead atoms. The van der Waals surface area contributed by atoms with Gasteiger partial charge in [-0.05, 0) is 47.6 Å². The molecule has 1 amide bonds. The summed E-state index contributed by atoms with van der Waals surface area (Å²) >= 11 is 0. The minimum Gasteiger partial charge on any atom is -0.374 e. The number of benzene rings is 1. The molecule has 0 radical (unpaired) electrons. The van der Waals surface area contributed by atoms with Gasteiger partial charge in [0.25, 0.3) is 5.91 Å². The molecule has 1 aromatic carbocycles. The van der Waals surface area contributed by atoms with Gasteiger partial charge in [0.1, 0.15) is 33.4 Å². The van der Waals surface area contributed by atoms with Crippen molar-refractivity contribution in [2.45, 2.75) is 76.0 Å². The maximum absolute atomic E-state index is 14.4. The fourth-order valence-electron chi connectivity index (χ4n) is 5.47. The largest absolute Gasteiger partial charge is 0.374 e. The fraction of sp³-hybridized carbons (Fsp3) is 0.500. The van der Waals surface area contributed by atoms with E-state index in [1.54, 1.807) is 35.2 Å². The molecule has 3 aliphatic rings. The van der Waals surface area contributed by atoms with Crippen LogP contribution in [0.15, 0.2) is 36.9 Å². The zero-order valence-corrected chi connectivity index (χ0v) is 23.2. The van der Waals surface area contributed by atoms with Crippen molar-refractivity contribution in [1.82, 2.24) is 19.5 Å². The van der Waals surface area contributed by atoms with Crippen molar-refractivity contribution in [2.75, 3.05) is 5.32 Å². The molecule has 3 aliphatic heterocycles. The Bertz CT molecular complexity index is 1430. The maximum Gasteiger partial charge on any atom is 0.257 e. The Morgan fingerprint density at radius 2 is 1.70 bits per heavy atom. The van der Waals surface area contributed by atoms with E-state index >= 15 is 0 Å². The van der Waals surface area contributed by atoms with Crippen molar-refractivity contribution in [3.8, 4) is 0 Å². The number of ketones is 1. The molecule has 2 aromatic heterocycles. The molecule has 11 heteroatoms. The normalized spacial score (nSPS) is 29.9. The van der Waals surface area contributed by atoms with Crippen molar-refractivity contribution >= 4 is 38.2 Å². The van der Waals surface area contributed by atoms with Crippen LogP contribution in [0.4, 0.5) is 5.82 Å². The number of anilines is 1. The maximum atomic E-state index is 14.4. The van der Waals surface area contributed by atoms with E-state index < -0.39 is 44.5 Å². The van der Waals surface area contributed by atoms with Crippen molar-refractivity contribution < 1.29 is 23.8 Å². The molecule has 2 fully saturated rings. The van der Waals surface area contributed by atoms with Crippen LogP contribution in [0.2, 0.25) is 0 Å². The second kappa shape index (κ2) is 8.00. The van der Waals surface area contributed by atoms with Crippen molar-refractivity contribution in [2.24, 2.45) is 5.92 Å². The van der Waals surface area contributed by atoms with Gasteiger partial charge in [0, 0.05) is 5.56 Å². The van der Waals surface area contributed by atoms with Crippen LogP contribution < -0.4 is 5.32 Å². The average molecular weight is 522 g/mol. The molecule has 2 saturated heterocycles. The summed E-state index contributed by atoms with van der Waals surface area (Å²) in [4.78, 5) is 41.0. The molecule has 194 valence electrons. The van der Waals surface area contributed by atoms with E-state index in [-0.39, 0.29) is 28.5 Å². The molecule has 3 aromatic rings. The molecule has 6 rings (SSSR count). The molecule has 5 heterocycles. The van der Waals surface area contributed by atoms with E-state index in [9.17, 15) is 9.59 Å². The van der Waals surface area contributed by atoms with Crippen LogP contribution in [-0.2, 0) is 14.2 Å². The zero-order chi connectivity index (χ0) is 26.3. The highest BCUT2D eigenvalue weighted by atomic mass is 28.2. The van der Waals surface area contributed by atoms with Crippen LogP contribution in [0, 0.1) is 5.92 Å². The van der Waals surface area contributed by atoms with Crippen molar-refractivity contribution in [3.63, 3.8) is 0 Å². The smallest absolute Gasteiger partial charge is 0.257 e. The number of fused-ring (bicyclic) bond motifs is 3. The Balaban J connectivity index is 1.57. The summed E-state index contributed by atoms with van der Waals surface area (Å²) in [6, 6.07) is 6.83. The number of amides is 1. The highest BCUT2D eigenvalue weighted by Crippen LogP contribution is 2.55. The second-order valence-corrected chi connectivity index (χ2v) is 14.2. The van der Waals surface area contributed by atoms with Gasteiger partial charge in [-0.2, -0.15) is 0 Å². The third-order valence-electron chi connectivity index (χ3n) is 6.93. The van der Waals surface area contributed by atoms with Gasteiger partial charge >= 0.3 is 0 Å². The third kappa shape index (κ3) is 4.01. The number of carbonyl (C=O) groups is 2. The Morgan fingerprint density at radius 3 is 2.41 bits per heavy atom. The number of nitrogens with one attached hydrogen (secondary N) is 1. The van der Waals surface area contributed by atoms with Gasteiger partial charge in [0.05, 0.1) is 34.7 Å². The van der Waals surface area contributed by atoms with E-state index in [1.807, 2.05) is 41.5 Å². The number of imidazole rings is 1. The van der Waals surface area contributed by atoms with Crippen molar-refractivity contribution in [3.05, 3.63) is 48.0 Å². The first kappa shape index (κ1) is 24.3. The summed E-state index contributed by atoms with van der Waals surface area (Å²) in [5.74, 6) is -1.13. The van der Waals surface area contributed by atoms with Crippen LogP contribution in [0.1, 0.15) is 68.5 Å². The van der Waals surface area contributed by atoms with Gasteiger partial charge in [0.15, 0.2) is 22.8 Å². The van der Waals surface area contributed by atoms with Gasteiger partial charge in [-0.15, -0.1) is 0 Å². The van der Waals surface area contributed by atoms with E-state index in [1.165, 1.54) is 6.33 Å². The molecular weight excluding hydrogens is 490 g/mol. The van der Waals surface area contributed by atoms with E-state index in [0.29, 0.717) is 16.7 Å². The monoisotopic (exact) mass is 521 g/mol. The first-order chi connectivity index (χ1) is 17.4. The quantitative estimate of drug-likeness (QED) is 0.512. The predicted molar refractivity (Wildman–Crippen MR) is 138 cm³/mol. The number of hydrogen-bond acceptors (Lipinski definition) is 8. The van der Waals surface area contributed by atoms with Gasteiger partial charge in [-0.1, -0.05) is 18.2 Å². The number of nitrogens with zero attached hydrogens (tertiary/aromatic N) is 4. The van der Waals surface area contributed by atoms with Crippen molar-refractivity contribution in [1.29, 1.82) is 0 Å². The number of ether oxygens (including phenoxy) is 3. The molecule has 1 spiro atoms. The molecule has 1 N–H and O–H groups in total. The molecular formula is C26H31N5O5Si. The first-order valence-electron chi connectivity index (χ1n) is 12.5. The number of rotatable bonds is 2. The Hall–Kier alpha value is -2.99. The van der Waals surface area contributed by atoms with Crippen LogP contribution in [0.25, 0.3) is 11.2 Å². The highest BCUT2D eigenvalue weighted by molar-refractivity contribution is 6.56. The molecule has 1 unspecified atom stereocenters. The van der Waals surface area contributed by atoms with Gasteiger partial charge in [-0.3, -0.25) is 14.2 Å². The summed E-state index contributed by atoms with van der Waals surface area (Å²) in [5.41, 5.74) is 0.443. The summed E-state index contributed by atoms with van der Waals surface area (Å²) in [6.45, 7) is 12.0. The average Bonchev–Trinajstić information content (AvgIpc) is 3.15. The molecule has 0 saturated carbocycles. The Kier molecular flexibility index (Phi) is 5.27. The summed E-state index contributed by atoms with van der Waals surface area (Å²) in [7, 11) is -0.943. The summed E-state index contributed by atoms with van der Waals surface area (Å²) in [6.07, 6.45) is 1.67. The van der Waals surface area contributed by atoms with Gasteiger partial charge in [0.2, 0.25) is 0 Å². The minimum absolute atomic E-state index is 0.119.